The minimum Gasteiger partial charge on any atom is -0.492 e. The van der Waals surface area contributed by atoms with Gasteiger partial charge in [0.1, 0.15) is 6.10 Å². The lowest BCUT2D eigenvalue weighted by atomic mass is 9.67. The largest absolute Gasteiger partial charge is 0.492 e. The minimum absolute atomic E-state index is 0.0630. The van der Waals surface area contributed by atoms with E-state index in [9.17, 15) is 9.59 Å². The van der Waals surface area contributed by atoms with Gasteiger partial charge in [0.2, 0.25) is 11.6 Å². The molecule has 1 aromatic carbocycles. The van der Waals surface area contributed by atoms with Crippen LogP contribution in [0.2, 0.25) is 0 Å². The van der Waals surface area contributed by atoms with Crippen LogP contribution in [0.5, 0.6) is 0 Å². The minimum atomic E-state index is -0.422. The lowest BCUT2D eigenvalue weighted by Gasteiger charge is -2.36. The molecule has 1 aliphatic heterocycles. The van der Waals surface area contributed by atoms with Gasteiger partial charge in [0, 0.05) is 11.1 Å². The number of rotatable bonds is 0. The van der Waals surface area contributed by atoms with Gasteiger partial charge in [0.25, 0.3) is 0 Å². The molecule has 1 unspecified atom stereocenters. The zero-order valence-corrected chi connectivity index (χ0v) is 13.2. The van der Waals surface area contributed by atoms with Gasteiger partial charge >= 0.3 is 0 Å². The van der Waals surface area contributed by atoms with Crippen LogP contribution in [0, 0.1) is 5.92 Å². The van der Waals surface area contributed by atoms with Crippen molar-refractivity contribution in [2.45, 2.75) is 51.6 Å². The number of hydrogen-bond donors (Lipinski definition) is 0. The van der Waals surface area contributed by atoms with Gasteiger partial charge in [-0.3, -0.25) is 9.59 Å². The molecule has 0 aromatic heterocycles. The normalized spacial score (nSPS) is 28.4. The van der Waals surface area contributed by atoms with E-state index in [0.717, 1.165) is 36.0 Å². The van der Waals surface area contributed by atoms with Crippen molar-refractivity contribution in [1.82, 2.24) is 0 Å². The number of ether oxygens (including phenoxy) is 1. The number of Topliss-reactive ketones (excluding diaryl/α,β-unsaturated/α-hetero) is 2. The van der Waals surface area contributed by atoms with Crippen molar-refractivity contribution < 1.29 is 14.3 Å². The molecule has 0 saturated carbocycles. The van der Waals surface area contributed by atoms with Crippen LogP contribution in [-0.2, 0) is 21.4 Å². The highest BCUT2D eigenvalue weighted by atomic mass is 16.5. The summed E-state index contributed by atoms with van der Waals surface area (Å²) in [7, 11) is 0. The summed E-state index contributed by atoms with van der Waals surface area (Å²) < 4.78 is 5.72. The molecule has 2 atom stereocenters. The van der Waals surface area contributed by atoms with Crippen LogP contribution in [0.4, 0.5) is 0 Å². The predicted octanol–water partition coefficient (Wildman–Crippen LogP) is 3.66. The highest BCUT2D eigenvalue weighted by Gasteiger charge is 2.47. The average molecular weight is 296 g/mol. The van der Waals surface area contributed by atoms with E-state index in [1.807, 2.05) is 13.0 Å². The maximum atomic E-state index is 12.8. The second kappa shape index (κ2) is 4.31. The first-order valence-electron chi connectivity index (χ1n) is 7.99. The fraction of sp³-hybridized carbons (Fsp3) is 0.474. The van der Waals surface area contributed by atoms with Crippen LogP contribution in [0.3, 0.4) is 0 Å². The van der Waals surface area contributed by atoms with Crippen molar-refractivity contribution in [3.05, 3.63) is 46.2 Å². The highest BCUT2D eigenvalue weighted by Crippen LogP contribution is 2.47. The third-order valence-electron chi connectivity index (χ3n) is 5.54. The lowest BCUT2D eigenvalue weighted by Crippen LogP contribution is -2.37. The molecular formula is C19H20O3. The summed E-state index contributed by atoms with van der Waals surface area (Å²) in [4.78, 5) is 25.3. The Labute approximate surface area is 130 Å². The van der Waals surface area contributed by atoms with Gasteiger partial charge in [-0.05, 0) is 48.3 Å². The maximum absolute atomic E-state index is 12.8. The Morgan fingerprint density at radius 2 is 2.00 bits per heavy atom. The molecule has 1 heterocycles. The van der Waals surface area contributed by atoms with Gasteiger partial charge in [0.05, 0.1) is 12.2 Å². The van der Waals surface area contributed by atoms with Crippen molar-refractivity contribution >= 4 is 11.6 Å². The van der Waals surface area contributed by atoms with Gasteiger partial charge in [-0.2, -0.15) is 0 Å². The Morgan fingerprint density at radius 1 is 1.23 bits per heavy atom. The quantitative estimate of drug-likeness (QED) is 0.686. The molecule has 0 fully saturated rings. The van der Waals surface area contributed by atoms with Crippen LogP contribution < -0.4 is 0 Å². The highest BCUT2D eigenvalue weighted by molar-refractivity contribution is 6.46. The van der Waals surface area contributed by atoms with Gasteiger partial charge in [-0.1, -0.05) is 26.0 Å². The molecule has 0 bridgehead atoms. The van der Waals surface area contributed by atoms with Gasteiger partial charge in [-0.15, -0.1) is 0 Å². The zero-order valence-electron chi connectivity index (χ0n) is 13.2. The fourth-order valence-corrected chi connectivity index (χ4v) is 4.34. The average Bonchev–Trinajstić information content (AvgIpc) is 2.86. The molecule has 3 nitrogen and oxygen atoms in total. The molecule has 0 spiro atoms. The topological polar surface area (TPSA) is 43.4 Å². The number of ketones is 2. The van der Waals surface area contributed by atoms with Crippen molar-refractivity contribution in [2.75, 3.05) is 0 Å². The van der Waals surface area contributed by atoms with E-state index in [2.05, 4.69) is 19.9 Å². The SMILES string of the molecule is CC1=COC2c3ccc4c(c3C(=O)C(=O)[C@H]12)CCCC4(C)C. The molecule has 4 rings (SSSR count). The summed E-state index contributed by atoms with van der Waals surface area (Å²) in [6.07, 6.45) is 4.38. The number of hydrogen-bond acceptors (Lipinski definition) is 3. The van der Waals surface area contributed by atoms with E-state index < -0.39 is 5.92 Å². The Kier molecular flexibility index (Phi) is 2.69. The van der Waals surface area contributed by atoms with E-state index in [-0.39, 0.29) is 23.1 Å². The molecule has 3 aliphatic rings. The third kappa shape index (κ3) is 1.62. The second-order valence-electron chi connectivity index (χ2n) is 7.38. The second-order valence-corrected chi connectivity index (χ2v) is 7.38. The van der Waals surface area contributed by atoms with Crippen LogP contribution in [-0.4, -0.2) is 11.6 Å². The number of benzene rings is 1. The predicted molar refractivity (Wildman–Crippen MR) is 82.8 cm³/mol. The smallest absolute Gasteiger partial charge is 0.230 e. The summed E-state index contributed by atoms with van der Waals surface area (Å²) in [6.45, 7) is 6.29. The molecule has 114 valence electrons. The number of fused-ring (bicyclic) bond motifs is 5. The fourth-order valence-electron chi connectivity index (χ4n) is 4.34. The first kappa shape index (κ1) is 13.7. The molecule has 0 saturated heterocycles. The Hall–Kier alpha value is -1.90. The van der Waals surface area contributed by atoms with Gasteiger partial charge in [-0.25, -0.2) is 0 Å². The molecular weight excluding hydrogens is 276 g/mol. The van der Waals surface area contributed by atoms with Crippen LogP contribution in [0.25, 0.3) is 0 Å². The third-order valence-corrected chi connectivity index (χ3v) is 5.54. The molecule has 3 heteroatoms. The summed E-state index contributed by atoms with van der Waals surface area (Å²) in [5, 5.41) is 0. The standard InChI is InChI=1S/C19H20O3/c1-10-9-22-18-12-6-7-13-11(5-4-8-19(13,2)3)15(12)17(21)16(20)14(10)18/h6-7,9,14,18H,4-5,8H2,1-3H3/t14-,18?/m0/s1. The monoisotopic (exact) mass is 296 g/mol. The van der Waals surface area contributed by atoms with E-state index >= 15 is 0 Å². The van der Waals surface area contributed by atoms with Gasteiger partial charge < -0.3 is 4.74 Å². The van der Waals surface area contributed by atoms with Crippen LogP contribution >= 0.6 is 0 Å². The summed E-state index contributed by atoms with van der Waals surface area (Å²) in [6, 6.07) is 4.15. The molecule has 1 aromatic rings. The van der Waals surface area contributed by atoms with Crippen molar-refractivity contribution in [3.63, 3.8) is 0 Å². The molecule has 0 N–H and O–H groups in total. The van der Waals surface area contributed by atoms with E-state index in [1.54, 1.807) is 6.26 Å². The van der Waals surface area contributed by atoms with Gasteiger partial charge in [0.15, 0.2) is 0 Å². The van der Waals surface area contributed by atoms with Crippen molar-refractivity contribution in [3.8, 4) is 0 Å². The van der Waals surface area contributed by atoms with Crippen molar-refractivity contribution in [2.24, 2.45) is 5.92 Å². The molecule has 2 aliphatic carbocycles. The number of carbonyl (C=O) groups is 2. The molecule has 0 amide bonds. The summed E-state index contributed by atoms with van der Waals surface area (Å²) >= 11 is 0. The van der Waals surface area contributed by atoms with Crippen molar-refractivity contribution in [1.29, 1.82) is 0 Å². The molecule has 22 heavy (non-hydrogen) atoms. The Balaban J connectivity index is 1.96. The first-order chi connectivity index (χ1) is 10.4. The maximum Gasteiger partial charge on any atom is 0.230 e. The van der Waals surface area contributed by atoms with Crippen LogP contribution in [0.1, 0.15) is 66.8 Å². The summed E-state index contributed by atoms with van der Waals surface area (Å²) in [5.74, 6) is -1.04. The number of carbonyl (C=O) groups excluding carboxylic acids is 2. The Bertz CT molecular complexity index is 739. The Morgan fingerprint density at radius 3 is 2.77 bits per heavy atom. The van der Waals surface area contributed by atoms with E-state index in [1.165, 1.54) is 5.56 Å². The summed E-state index contributed by atoms with van der Waals surface area (Å²) in [5.41, 5.74) is 4.76. The van der Waals surface area contributed by atoms with E-state index in [0.29, 0.717) is 5.56 Å². The lowest BCUT2D eigenvalue weighted by molar-refractivity contribution is -0.120. The van der Waals surface area contributed by atoms with Crippen LogP contribution in [0.15, 0.2) is 24.0 Å². The zero-order chi connectivity index (χ0) is 15.6. The first-order valence-corrected chi connectivity index (χ1v) is 7.99. The molecule has 0 radical (unpaired) electrons. The van der Waals surface area contributed by atoms with E-state index in [4.69, 9.17) is 4.74 Å².